The van der Waals surface area contributed by atoms with E-state index in [1.165, 1.54) is 0 Å². The lowest BCUT2D eigenvalue weighted by atomic mass is 10.0. The van der Waals surface area contributed by atoms with Crippen LogP contribution < -0.4 is 10.6 Å². The lowest BCUT2D eigenvalue weighted by molar-refractivity contribution is -0.138. The van der Waals surface area contributed by atoms with Crippen LogP contribution >= 0.6 is 0 Å². The number of aliphatic carboxylic acids is 2. The van der Waals surface area contributed by atoms with Crippen molar-refractivity contribution in [2.45, 2.75) is 119 Å². The Morgan fingerprint density at radius 3 is 1.35 bits per heavy atom. The van der Waals surface area contributed by atoms with Gasteiger partial charge in [-0.2, -0.15) is 0 Å². The number of carbonyl (C=O) groups excluding carboxylic acids is 2. The first-order chi connectivity index (χ1) is 24.9. The van der Waals surface area contributed by atoms with Gasteiger partial charge in [0.15, 0.2) is 0 Å². The summed E-state index contributed by atoms with van der Waals surface area (Å²) < 4.78 is 0. The van der Waals surface area contributed by atoms with Gasteiger partial charge >= 0.3 is 11.9 Å². The number of aromatic nitrogens is 2. The van der Waals surface area contributed by atoms with Gasteiger partial charge in [0.1, 0.15) is 0 Å². The maximum atomic E-state index is 12.4. The first-order valence-corrected chi connectivity index (χ1v) is 18.2. The van der Waals surface area contributed by atoms with Crippen LogP contribution in [0.25, 0.3) is 12.2 Å². The molecule has 10 heteroatoms. The molecule has 0 aliphatic carbocycles. The van der Waals surface area contributed by atoms with Crippen LogP contribution in [0.2, 0.25) is 0 Å². The highest BCUT2D eigenvalue weighted by molar-refractivity contribution is 6.01. The van der Waals surface area contributed by atoms with E-state index in [1.807, 2.05) is 53.7 Å². The van der Waals surface area contributed by atoms with Gasteiger partial charge in [-0.1, -0.05) is 26.7 Å². The molecule has 274 valence electrons. The van der Waals surface area contributed by atoms with Crippen LogP contribution in [0.4, 0.5) is 0 Å². The van der Waals surface area contributed by atoms with Crippen LogP contribution in [0.3, 0.4) is 0 Å². The SMILES string of the molecule is CCC1=C(C)C(=O)N/C1=C\c1[nH]c(C#CC#Cc2[nH]c(/C=C3\NC(=O)C(C)=C3CC)c(C)c2CCCCCC(=O)O)c(CCCCCC(=O)O)c1C. The molecule has 0 atom stereocenters. The third-order valence-electron chi connectivity index (χ3n) is 9.93. The summed E-state index contributed by atoms with van der Waals surface area (Å²) in [5.41, 5.74) is 12.3. The fourth-order valence-electron chi connectivity index (χ4n) is 6.84. The molecule has 2 aromatic heterocycles. The van der Waals surface area contributed by atoms with Crippen molar-refractivity contribution >= 4 is 35.9 Å². The van der Waals surface area contributed by atoms with Gasteiger partial charge in [-0.3, -0.25) is 19.2 Å². The molecule has 2 aliphatic heterocycles. The molecule has 0 bridgehead atoms. The summed E-state index contributed by atoms with van der Waals surface area (Å²) in [5, 5.41) is 24.0. The van der Waals surface area contributed by atoms with Gasteiger partial charge in [0, 0.05) is 46.8 Å². The van der Waals surface area contributed by atoms with Crippen molar-refractivity contribution in [1.29, 1.82) is 0 Å². The fraction of sp³-hybridized carbons (Fsp3) is 0.429. The molecule has 10 nitrogen and oxygen atoms in total. The van der Waals surface area contributed by atoms with E-state index in [0.717, 1.165) is 117 Å². The molecule has 2 aliphatic rings. The smallest absolute Gasteiger partial charge is 0.303 e. The summed E-state index contributed by atoms with van der Waals surface area (Å²) in [5.74, 6) is 10.8. The zero-order chi connectivity index (χ0) is 37.9. The van der Waals surface area contributed by atoms with Gasteiger partial charge in [-0.05, 0) is 148 Å². The number of carboxylic acid groups (broad SMARTS) is 2. The predicted octanol–water partition coefficient (Wildman–Crippen LogP) is 7.13. The Labute approximate surface area is 306 Å². The minimum atomic E-state index is -0.795. The van der Waals surface area contributed by atoms with Crippen LogP contribution in [0, 0.1) is 37.5 Å². The zero-order valence-corrected chi connectivity index (χ0v) is 31.2. The predicted molar refractivity (Wildman–Crippen MR) is 203 cm³/mol. The molecule has 0 fully saturated rings. The number of rotatable bonds is 16. The van der Waals surface area contributed by atoms with Crippen molar-refractivity contribution in [3.05, 3.63) is 78.7 Å². The first kappa shape index (κ1) is 39.3. The molecule has 0 saturated carbocycles. The maximum absolute atomic E-state index is 12.4. The van der Waals surface area contributed by atoms with Gasteiger partial charge in [0.2, 0.25) is 0 Å². The molecule has 52 heavy (non-hydrogen) atoms. The summed E-state index contributed by atoms with van der Waals surface area (Å²) in [7, 11) is 0. The van der Waals surface area contributed by atoms with E-state index >= 15 is 0 Å². The summed E-state index contributed by atoms with van der Waals surface area (Å²) >= 11 is 0. The minimum absolute atomic E-state index is 0.0924. The quantitative estimate of drug-likeness (QED) is 0.0803. The van der Waals surface area contributed by atoms with E-state index in [-0.39, 0.29) is 24.7 Å². The first-order valence-electron chi connectivity index (χ1n) is 18.2. The van der Waals surface area contributed by atoms with Crippen molar-refractivity contribution < 1.29 is 29.4 Å². The number of allylic oxidation sites excluding steroid dienone is 2. The summed E-state index contributed by atoms with van der Waals surface area (Å²) in [6.07, 6.45) is 11.5. The van der Waals surface area contributed by atoms with Crippen molar-refractivity contribution in [3.63, 3.8) is 0 Å². The molecule has 6 N–H and O–H groups in total. The Hall–Kier alpha value is -5.48. The monoisotopic (exact) mass is 706 g/mol. The Kier molecular flexibility index (Phi) is 13.7. The normalized spacial score (nSPS) is 15.6. The lowest BCUT2D eigenvalue weighted by Crippen LogP contribution is -2.15. The third kappa shape index (κ3) is 9.64. The molecule has 2 aromatic rings. The Balaban J connectivity index is 1.68. The Bertz CT molecular complexity index is 1860. The van der Waals surface area contributed by atoms with E-state index in [2.05, 4.69) is 44.3 Å². The highest BCUT2D eigenvalue weighted by Crippen LogP contribution is 2.30. The number of hydrogen-bond donors (Lipinski definition) is 6. The van der Waals surface area contributed by atoms with Crippen molar-refractivity contribution in [2.24, 2.45) is 0 Å². The van der Waals surface area contributed by atoms with Gasteiger partial charge in [0.05, 0.1) is 11.4 Å². The van der Waals surface area contributed by atoms with Gasteiger partial charge in [-0.25, -0.2) is 0 Å². The van der Waals surface area contributed by atoms with E-state index in [1.54, 1.807) is 0 Å². The molecular formula is C42H50N4O6. The van der Waals surface area contributed by atoms with Crippen LogP contribution in [0.5, 0.6) is 0 Å². The van der Waals surface area contributed by atoms with E-state index in [9.17, 15) is 19.2 Å². The fourth-order valence-corrected chi connectivity index (χ4v) is 6.84. The number of aromatic amines is 2. The zero-order valence-electron chi connectivity index (χ0n) is 31.2. The van der Waals surface area contributed by atoms with E-state index in [4.69, 9.17) is 10.2 Å². The molecule has 0 radical (unpaired) electrons. The second-order valence-electron chi connectivity index (χ2n) is 13.4. The van der Waals surface area contributed by atoms with Crippen LogP contribution in [-0.4, -0.2) is 43.9 Å². The molecule has 4 heterocycles. The standard InChI is InChI=1S/C42H50N4O6/c1-7-29-27(5)41(51)45-37(29)23-35-25(3)31(17-11-9-13-21-39(47)48)33(43-35)19-15-16-20-34-32(18-12-10-14-22-40(49)50)26(4)36(44-34)24-38-30(8-2)28(6)42(52)46-38/h23-24,43-44H,7-14,17-18,21-22H2,1-6H3,(H,45,51)(H,46,52)(H,47,48)(H,49,50)/b37-23-,38-24-. The van der Waals surface area contributed by atoms with Gasteiger partial charge in [-0.15, -0.1) is 0 Å². The molecular weight excluding hydrogens is 656 g/mol. The number of carbonyl (C=O) groups is 4. The number of H-pyrrole nitrogens is 2. The van der Waals surface area contributed by atoms with Crippen LogP contribution in [-0.2, 0) is 32.0 Å². The number of amides is 2. The highest BCUT2D eigenvalue weighted by atomic mass is 16.4. The molecule has 0 spiro atoms. The summed E-state index contributed by atoms with van der Waals surface area (Å²) in [6.45, 7) is 11.8. The Morgan fingerprint density at radius 1 is 0.615 bits per heavy atom. The highest BCUT2D eigenvalue weighted by Gasteiger charge is 2.24. The summed E-state index contributed by atoms with van der Waals surface area (Å²) in [4.78, 5) is 53.7. The summed E-state index contributed by atoms with van der Waals surface area (Å²) in [6, 6.07) is 0. The number of unbranched alkanes of at least 4 members (excludes halogenated alkanes) is 4. The third-order valence-corrected chi connectivity index (χ3v) is 9.93. The molecule has 0 saturated heterocycles. The van der Waals surface area contributed by atoms with Crippen molar-refractivity contribution in [3.8, 4) is 23.7 Å². The number of carboxylic acids is 2. The van der Waals surface area contributed by atoms with Gasteiger partial charge < -0.3 is 30.8 Å². The number of nitrogens with one attached hydrogen (secondary N) is 4. The van der Waals surface area contributed by atoms with Crippen LogP contribution in [0.1, 0.15) is 137 Å². The largest absolute Gasteiger partial charge is 0.481 e. The topological polar surface area (TPSA) is 164 Å². The Morgan fingerprint density at radius 2 is 1.00 bits per heavy atom. The van der Waals surface area contributed by atoms with Gasteiger partial charge in [0.25, 0.3) is 11.8 Å². The average Bonchev–Trinajstić information content (AvgIpc) is 3.75. The molecule has 0 unspecified atom stereocenters. The van der Waals surface area contributed by atoms with Crippen molar-refractivity contribution in [2.75, 3.05) is 0 Å². The second-order valence-corrected chi connectivity index (χ2v) is 13.4. The molecule has 0 aromatic carbocycles. The molecule has 2 amide bonds. The van der Waals surface area contributed by atoms with Crippen LogP contribution in [0.15, 0.2) is 33.7 Å². The lowest BCUT2D eigenvalue weighted by Gasteiger charge is -2.04. The van der Waals surface area contributed by atoms with E-state index < -0.39 is 11.9 Å². The van der Waals surface area contributed by atoms with E-state index in [0.29, 0.717) is 25.7 Å². The minimum Gasteiger partial charge on any atom is -0.481 e. The number of hydrogen-bond acceptors (Lipinski definition) is 4. The second kappa shape index (κ2) is 18.1. The maximum Gasteiger partial charge on any atom is 0.303 e. The molecule has 4 rings (SSSR count). The van der Waals surface area contributed by atoms with Crippen molar-refractivity contribution in [1.82, 2.24) is 20.6 Å². The average molecular weight is 707 g/mol.